The molecule has 0 heterocycles. The quantitative estimate of drug-likeness (QED) is 0.827. The van der Waals surface area contributed by atoms with Crippen LogP contribution in [-0.2, 0) is 11.3 Å². The summed E-state index contributed by atoms with van der Waals surface area (Å²) in [6.45, 7) is 6.25. The molecule has 0 fully saturated rings. The van der Waals surface area contributed by atoms with Gasteiger partial charge >= 0.3 is 0 Å². The molecule has 1 amide bonds. The normalized spacial score (nSPS) is 12.3. The molecule has 1 atom stereocenters. The lowest BCUT2D eigenvalue weighted by atomic mass is 10.2. The van der Waals surface area contributed by atoms with Crippen molar-refractivity contribution in [2.75, 3.05) is 6.54 Å². The van der Waals surface area contributed by atoms with E-state index in [4.69, 9.17) is 10.5 Å². The first-order valence-corrected chi connectivity index (χ1v) is 6.37. The topological polar surface area (TPSA) is 64.3 Å². The minimum absolute atomic E-state index is 0.0301. The van der Waals surface area contributed by atoms with E-state index in [0.717, 1.165) is 0 Å². The van der Waals surface area contributed by atoms with E-state index in [0.29, 0.717) is 18.2 Å². The summed E-state index contributed by atoms with van der Waals surface area (Å²) < 4.78 is 19.0. The standard InChI is InChI=1S/C14H21FN2O2/c1-9(2)8-17-14(18)10(3)19-13-6-4-5-12(15)11(13)7-16/h4-6,9-10H,7-8,16H2,1-3H3,(H,17,18). The van der Waals surface area contributed by atoms with Crippen LogP contribution < -0.4 is 15.8 Å². The van der Waals surface area contributed by atoms with Gasteiger partial charge in [0.1, 0.15) is 11.6 Å². The Morgan fingerprint density at radius 1 is 1.42 bits per heavy atom. The van der Waals surface area contributed by atoms with Crippen molar-refractivity contribution in [2.24, 2.45) is 11.7 Å². The SMILES string of the molecule is CC(C)CNC(=O)C(C)Oc1cccc(F)c1CN. The molecule has 106 valence electrons. The van der Waals surface area contributed by atoms with Crippen LogP contribution in [0.5, 0.6) is 5.75 Å². The van der Waals surface area contributed by atoms with Gasteiger partial charge in [-0.1, -0.05) is 19.9 Å². The second kappa shape index (κ2) is 7.09. The third kappa shape index (κ3) is 4.52. The number of rotatable bonds is 6. The van der Waals surface area contributed by atoms with Crippen molar-refractivity contribution in [3.05, 3.63) is 29.6 Å². The van der Waals surface area contributed by atoms with Crippen molar-refractivity contribution in [1.82, 2.24) is 5.32 Å². The highest BCUT2D eigenvalue weighted by atomic mass is 19.1. The summed E-state index contributed by atoms with van der Waals surface area (Å²) >= 11 is 0. The van der Waals surface area contributed by atoms with Crippen LogP contribution in [0.3, 0.4) is 0 Å². The maximum atomic E-state index is 13.5. The van der Waals surface area contributed by atoms with Crippen molar-refractivity contribution < 1.29 is 13.9 Å². The maximum Gasteiger partial charge on any atom is 0.260 e. The minimum Gasteiger partial charge on any atom is -0.480 e. The first-order chi connectivity index (χ1) is 8.95. The van der Waals surface area contributed by atoms with Gasteiger partial charge in [-0.25, -0.2) is 4.39 Å². The molecule has 1 unspecified atom stereocenters. The first kappa shape index (κ1) is 15.4. The van der Waals surface area contributed by atoms with Gasteiger partial charge in [0.2, 0.25) is 0 Å². The molecule has 0 bridgehead atoms. The minimum atomic E-state index is -0.689. The van der Waals surface area contributed by atoms with E-state index in [2.05, 4.69) is 5.32 Å². The lowest BCUT2D eigenvalue weighted by Gasteiger charge is -2.17. The first-order valence-electron chi connectivity index (χ1n) is 6.37. The number of carbonyl (C=O) groups is 1. The average molecular weight is 268 g/mol. The maximum absolute atomic E-state index is 13.5. The molecule has 3 N–H and O–H groups in total. The summed E-state index contributed by atoms with van der Waals surface area (Å²) in [4.78, 5) is 11.8. The van der Waals surface area contributed by atoms with E-state index in [-0.39, 0.29) is 18.0 Å². The van der Waals surface area contributed by atoms with E-state index in [1.807, 2.05) is 13.8 Å². The van der Waals surface area contributed by atoms with Gasteiger partial charge < -0.3 is 15.8 Å². The van der Waals surface area contributed by atoms with Gasteiger partial charge in [0.05, 0.1) is 0 Å². The molecule has 1 rings (SSSR count). The molecule has 0 radical (unpaired) electrons. The van der Waals surface area contributed by atoms with Gasteiger partial charge in [0.25, 0.3) is 5.91 Å². The summed E-state index contributed by atoms with van der Waals surface area (Å²) in [6.07, 6.45) is -0.689. The molecule has 0 aliphatic carbocycles. The van der Waals surface area contributed by atoms with Crippen molar-refractivity contribution in [3.63, 3.8) is 0 Å². The number of benzene rings is 1. The fourth-order valence-electron chi connectivity index (χ4n) is 1.54. The second-order valence-electron chi connectivity index (χ2n) is 4.82. The molecule has 0 aliphatic rings. The molecule has 0 aromatic heterocycles. The highest BCUT2D eigenvalue weighted by Crippen LogP contribution is 2.22. The Labute approximate surface area is 113 Å². The fraction of sp³-hybridized carbons (Fsp3) is 0.500. The number of hydrogen-bond donors (Lipinski definition) is 2. The lowest BCUT2D eigenvalue weighted by Crippen LogP contribution is -2.38. The second-order valence-corrected chi connectivity index (χ2v) is 4.82. The van der Waals surface area contributed by atoms with Gasteiger partial charge in [-0.2, -0.15) is 0 Å². The molecule has 5 heteroatoms. The Kier molecular flexibility index (Phi) is 5.76. The molecular weight excluding hydrogens is 247 g/mol. The number of nitrogens with two attached hydrogens (primary N) is 1. The van der Waals surface area contributed by atoms with Crippen LogP contribution in [0, 0.1) is 11.7 Å². The van der Waals surface area contributed by atoms with Gasteiger partial charge in [0.15, 0.2) is 6.10 Å². The molecule has 4 nitrogen and oxygen atoms in total. The van der Waals surface area contributed by atoms with Crippen molar-refractivity contribution in [1.29, 1.82) is 0 Å². The van der Waals surface area contributed by atoms with Crippen molar-refractivity contribution >= 4 is 5.91 Å². The number of ether oxygens (including phenoxy) is 1. The molecule has 19 heavy (non-hydrogen) atoms. The molecule has 0 aliphatic heterocycles. The van der Waals surface area contributed by atoms with E-state index in [1.165, 1.54) is 12.1 Å². The molecule has 0 saturated heterocycles. The summed E-state index contributed by atoms with van der Waals surface area (Å²) in [5, 5.41) is 2.77. The number of halogens is 1. The predicted octanol–water partition coefficient (Wildman–Crippen LogP) is 1.82. The number of carbonyl (C=O) groups excluding carboxylic acids is 1. The molecule has 1 aromatic carbocycles. The summed E-state index contributed by atoms with van der Waals surface area (Å²) in [5.74, 6) is 0.0374. The molecular formula is C14H21FN2O2. The highest BCUT2D eigenvalue weighted by molar-refractivity contribution is 5.80. The number of hydrogen-bond acceptors (Lipinski definition) is 3. The van der Waals surface area contributed by atoms with E-state index < -0.39 is 11.9 Å². The predicted molar refractivity (Wildman–Crippen MR) is 72.2 cm³/mol. The van der Waals surface area contributed by atoms with Crippen LogP contribution >= 0.6 is 0 Å². The van der Waals surface area contributed by atoms with E-state index in [9.17, 15) is 9.18 Å². The smallest absolute Gasteiger partial charge is 0.260 e. The van der Waals surface area contributed by atoms with Crippen LogP contribution in [0.1, 0.15) is 26.3 Å². The number of amides is 1. The van der Waals surface area contributed by atoms with Gasteiger partial charge in [-0.15, -0.1) is 0 Å². The van der Waals surface area contributed by atoms with E-state index >= 15 is 0 Å². The van der Waals surface area contributed by atoms with E-state index in [1.54, 1.807) is 13.0 Å². The largest absolute Gasteiger partial charge is 0.480 e. The Balaban J connectivity index is 2.69. The fourth-order valence-corrected chi connectivity index (χ4v) is 1.54. The zero-order valence-corrected chi connectivity index (χ0v) is 11.6. The van der Waals surface area contributed by atoms with Crippen LogP contribution in [0.25, 0.3) is 0 Å². The lowest BCUT2D eigenvalue weighted by molar-refractivity contribution is -0.127. The third-order valence-electron chi connectivity index (χ3n) is 2.64. The van der Waals surface area contributed by atoms with Crippen molar-refractivity contribution in [3.8, 4) is 5.75 Å². The van der Waals surface area contributed by atoms with Gasteiger partial charge in [-0.3, -0.25) is 4.79 Å². The van der Waals surface area contributed by atoms with Gasteiger partial charge in [-0.05, 0) is 25.0 Å². The zero-order valence-electron chi connectivity index (χ0n) is 11.6. The Bertz CT molecular complexity index is 435. The van der Waals surface area contributed by atoms with Crippen LogP contribution in [0.2, 0.25) is 0 Å². The van der Waals surface area contributed by atoms with Crippen LogP contribution in [0.4, 0.5) is 4.39 Å². The Hall–Kier alpha value is -1.62. The summed E-state index contributed by atoms with van der Waals surface area (Å²) in [7, 11) is 0. The molecule has 0 spiro atoms. The monoisotopic (exact) mass is 268 g/mol. The molecule has 1 aromatic rings. The average Bonchev–Trinajstić information content (AvgIpc) is 2.36. The summed E-state index contributed by atoms with van der Waals surface area (Å²) in [6, 6.07) is 4.46. The highest BCUT2D eigenvalue weighted by Gasteiger charge is 2.17. The molecule has 0 saturated carbocycles. The Morgan fingerprint density at radius 3 is 2.68 bits per heavy atom. The van der Waals surface area contributed by atoms with Crippen LogP contribution in [0.15, 0.2) is 18.2 Å². The Morgan fingerprint density at radius 2 is 2.11 bits per heavy atom. The summed E-state index contributed by atoms with van der Waals surface area (Å²) in [5.41, 5.74) is 5.76. The zero-order chi connectivity index (χ0) is 14.4. The number of nitrogens with one attached hydrogen (secondary N) is 1. The third-order valence-corrected chi connectivity index (χ3v) is 2.64. The van der Waals surface area contributed by atoms with Crippen molar-refractivity contribution in [2.45, 2.75) is 33.4 Å². The van der Waals surface area contributed by atoms with Gasteiger partial charge in [0, 0.05) is 18.7 Å². The van der Waals surface area contributed by atoms with Crippen LogP contribution in [-0.4, -0.2) is 18.6 Å².